The standard InChI is InChI=1S/C19H28N2O2/c1-12(20)18(22)23-15-8-7-13-10-14-6-4-3-5-9-19(2,17(14)21)16(13)11-15/h7-8,11-12,14,17H,3-6,9-10,20-21H2,1-2H3/t12-,14?,17-,19+/m0/s1. The van der Waals surface area contributed by atoms with E-state index >= 15 is 0 Å². The summed E-state index contributed by atoms with van der Waals surface area (Å²) in [5, 5.41) is 0. The molecule has 1 aromatic rings. The summed E-state index contributed by atoms with van der Waals surface area (Å²) in [6.45, 7) is 3.92. The van der Waals surface area contributed by atoms with E-state index in [9.17, 15) is 4.79 Å². The van der Waals surface area contributed by atoms with Crippen molar-refractivity contribution in [3.8, 4) is 5.75 Å². The van der Waals surface area contributed by atoms with Crippen LogP contribution in [0.2, 0.25) is 0 Å². The second-order valence-corrected chi connectivity index (χ2v) is 7.54. The van der Waals surface area contributed by atoms with Crippen LogP contribution in [-0.2, 0) is 16.6 Å². The Bertz CT molecular complexity index is 599. The molecule has 4 heteroatoms. The first-order valence-corrected chi connectivity index (χ1v) is 8.78. The fraction of sp³-hybridized carbons (Fsp3) is 0.632. The summed E-state index contributed by atoms with van der Waals surface area (Å²) >= 11 is 0. The molecule has 1 saturated carbocycles. The fourth-order valence-electron chi connectivity index (χ4n) is 4.31. The van der Waals surface area contributed by atoms with E-state index in [1.807, 2.05) is 12.1 Å². The van der Waals surface area contributed by atoms with E-state index in [4.69, 9.17) is 16.2 Å². The molecule has 0 aliphatic heterocycles. The molecule has 0 spiro atoms. The van der Waals surface area contributed by atoms with Crippen LogP contribution in [-0.4, -0.2) is 18.1 Å². The lowest BCUT2D eigenvalue weighted by Gasteiger charge is -2.47. The van der Waals surface area contributed by atoms with Crippen LogP contribution in [0.25, 0.3) is 0 Å². The number of hydrogen-bond acceptors (Lipinski definition) is 4. The number of nitrogens with two attached hydrogens (primary N) is 2. The van der Waals surface area contributed by atoms with Crippen LogP contribution in [0, 0.1) is 5.92 Å². The minimum Gasteiger partial charge on any atom is -0.425 e. The van der Waals surface area contributed by atoms with Gasteiger partial charge in [0.1, 0.15) is 11.8 Å². The topological polar surface area (TPSA) is 78.3 Å². The summed E-state index contributed by atoms with van der Waals surface area (Å²) in [5.74, 6) is 0.746. The van der Waals surface area contributed by atoms with Crippen LogP contribution in [0.15, 0.2) is 18.2 Å². The largest absolute Gasteiger partial charge is 0.425 e. The van der Waals surface area contributed by atoms with Gasteiger partial charge in [-0.2, -0.15) is 0 Å². The first-order valence-electron chi connectivity index (χ1n) is 8.78. The van der Waals surface area contributed by atoms with Crippen LogP contribution in [0.4, 0.5) is 0 Å². The lowest BCUT2D eigenvalue weighted by Crippen LogP contribution is -2.52. The van der Waals surface area contributed by atoms with Crippen molar-refractivity contribution in [1.29, 1.82) is 0 Å². The number of rotatable bonds is 2. The summed E-state index contributed by atoms with van der Waals surface area (Å²) in [6, 6.07) is 5.58. The van der Waals surface area contributed by atoms with Crippen LogP contribution < -0.4 is 16.2 Å². The Morgan fingerprint density at radius 2 is 2.13 bits per heavy atom. The van der Waals surface area contributed by atoms with Crippen molar-refractivity contribution in [3.63, 3.8) is 0 Å². The van der Waals surface area contributed by atoms with Crippen molar-refractivity contribution >= 4 is 5.97 Å². The molecule has 0 radical (unpaired) electrons. The molecular formula is C19H28N2O2. The Kier molecular flexibility index (Phi) is 4.47. The normalized spacial score (nSPS) is 31.5. The molecular weight excluding hydrogens is 288 g/mol. The summed E-state index contributed by atoms with van der Waals surface area (Å²) < 4.78 is 5.41. The van der Waals surface area contributed by atoms with Gasteiger partial charge >= 0.3 is 5.97 Å². The van der Waals surface area contributed by atoms with Gasteiger partial charge in [0.2, 0.25) is 0 Å². The number of carbonyl (C=O) groups excluding carboxylic acids is 1. The second kappa shape index (κ2) is 6.25. The molecule has 23 heavy (non-hydrogen) atoms. The SMILES string of the molecule is C[C@H](N)C(=O)Oc1ccc2c(c1)[C@@]1(C)CCCCCC(C2)[C@@H]1N. The van der Waals surface area contributed by atoms with Crippen molar-refractivity contribution in [2.45, 2.75) is 69.9 Å². The number of carbonyl (C=O) groups is 1. The third-order valence-corrected chi connectivity index (χ3v) is 5.78. The van der Waals surface area contributed by atoms with Gasteiger partial charge in [0.25, 0.3) is 0 Å². The van der Waals surface area contributed by atoms with E-state index in [1.165, 1.54) is 36.8 Å². The van der Waals surface area contributed by atoms with E-state index < -0.39 is 12.0 Å². The highest BCUT2D eigenvalue weighted by molar-refractivity contribution is 5.77. The van der Waals surface area contributed by atoms with Gasteiger partial charge in [0.05, 0.1) is 0 Å². The van der Waals surface area contributed by atoms with E-state index in [1.54, 1.807) is 6.92 Å². The lowest BCUT2D eigenvalue weighted by molar-refractivity contribution is -0.135. The van der Waals surface area contributed by atoms with Gasteiger partial charge in [0, 0.05) is 11.5 Å². The summed E-state index contributed by atoms with van der Waals surface area (Å²) in [4.78, 5) is 11.8. The van der Waals surface area contributed by atoms with E-state index in [0.29, 0.717) is 11.7 Å². The molecule has 4 N–H and O–H groups in total. The highest BCUT2D eigenvalue weighted by atomic mass is 16.5. The van der Waals surface area contributed by atoms with Crippen LogP contribution in [0.5, 0.6) is 5.75 Å². The van der Waals surface area contributed by atoms with E-state index in [0.717, 1.165) is 12.8 Å². The number of benzene rings is 1. The van der Waals surface area contributed by atoms with Crippen LogP contribution in [0.3, 0.4) is 0 Å². The van der Waals surface area contributed by atoms with Crippen LogP contribution >= 0.6 is 0 Å². The minimum atomic E-state index is -0.616. The van der Waals surface area contributed by atoms with Crippen molar-refractivity contribution < 1.29 is 9.53 Å². The predicted octanol–water partition coefficient (Wildman–Crippen LogP) is 2.66. The highest BCUT2D eigenvalue weighted by Crippen LogP contribution is 2.46. The third-order valence-electron chi connectivity index (χ3n) is 5.78. The molecule has 1 aromatic carbocycles. The molecule has 4 atom stereocenters. The van der Waals surface area contributed by atoms with Gasteiger partial charge in [-0.05, 0) is 55.4 Å². The molecule has 1 fully saturated rings. The number of fused-ring (bicyclic) bond motifs is 4. The van der Waals surface area contributed by atoms with Crippen molar-refractivity contribution in [3.05, 3.63) is 29.3 Å². The maximum absolute atomic E-state index is 11.8. The summed E-state index contributed by atoms with van der Waals surface area (Å²) in [7, 11) is 0. The van der Waals surface area contributed by atoms with Gasteiger partial charge < -0.3 is 16.2 Å². The van der Waals surface area contributed by atoms with Gasteiger partial charge in [-0.25, -0.2) is 4.79 Å². The zero-order chi connectivity index (χ0) is 16.6. The van der Waals surface area contributed by atoms with Gasteiger partial charge in [0.15, 0.2) is 0 Å². The molecule has 0 heterocycles. The first-order chi connectivity index (χ1) is 10.9. The van der Waals surface area contributed by atoms with Gasteiger partial charge in [-0.15, -0.1) is 0 Å². The Morgan fingerprint density at radius 3 is 2.87 bits per heavy atom. The maximum atomic E-state index is 11.8. The van der Waals surface area contributed by atoms with Crippen LogP contribution in [0.1, 0.15) is 57.1 Å². The average Bonchev–Trinajstić information content (AvgIpc) is 2.52. The molecule has 2 bridgehead atoms. The summed E-state index contributed by atoms with van der Waals surface area (Å²) in [5.41, 5.74) is 14.9. The highest BCUT2D eigenvalue weighted by Gasteiger charge is 2.43. The van der Waals surface area contributed by atoms with Crippen molar-refractivity contribution in [2.75, 3.05) is 0 Å². The minimum absolute atomic E-state index is 0.0323. The quantitative estimate of drug-likeness (QED) is 0.649. The number of ether oxygens (including phenoxy) is 1. The van der Waals surface area contributed by atoms with E-state index in [-0.39, 0.29) is 11.5 Å². The molecule has 126 valence electrons. The zero-order valence-corrected chi connectivity index (χ0v) is 14.2. The van der Waals surface area contributed by atoms with E-state index in [2.05, 4.69) is 13.0 Å². The van der Waals surface area contributed by atoms with Crippen molar-refractivity contribution in [1.82, 2.24) is 0 Å². The molecule has 0 saturated heterocycles. The molecule has 2 aliphatic carbocycles. The third kappa shape index (κ3) is 3.02. The van der Waals surface area contributed by atoms with Gasteiger partial charge in [-0.1, -0.05) is 32.3 Å². The first kappa shape index (κ1) is 16.5. The zero-order valence-electron chi connectivity index (χ0n) is 14.2. The Balaban J connectivity index is 1.97. The molecule has 4 nitrogen and oxygen atoms in total. The Morgan fingerprint density at radius 1 is 1.35 bits per heavy atom. The lowest BCUT2D eigenvalue weighted by atomic mass is 9.60. The Labute approximate surface area is 138 Å². The smallest absolute Gasteiger partial charge is 0.328 e. The second-order valence-electron chi connectivity index (χ2n) is 7.54. The number of esters is 1. The monoisotopic (exact) mass is 316 g/mol. The predicted molar refractivity (Wildman–Crippen MR) is 91.3 cm³/mol. The maximum Gasteiger partial charge on any atom is 0.328 e. The molecule has 3 rings (SSSR count). The molecule has 1 unspecified atom stereocenters. The number of hydrogen-bond donors (Lipinski definition) is 2. The van der Waals surface area contributed by atoms with Gasteiger partial charge in [-0.3, -0.25) is 0 Å². The Hall–Kier alpha value is -1.39. The fourth-order valence-corrected chi connectivity index (χ4v) is 4.31. The average molecular weight is 316 g/mol. The summed E-state index contributed by atoms with van der Waals surface area (Å²) in [6.07, 6.45) is 7.13. The molecule has 0 aromatic heterocycles. The van der Waals surface area contributed by atoms with Crippen molar-refractivity contribution in [2.24, 2.45) is 17.4 Å². The molecule has 0 amide bonds. The molecule has 2 aliphatic rings.